The second-order valence-electron chi connectivity index (χ2n) is 11.4. The monoisotopic (exact) mass is 582 g/mol. The summed E-state index contributed by atoms with van der Waals surface area (Å²) in [5.74, 6) is 0. The van der Waals surface area contributed by atoms with Crippen molar-refractivity contribution in [3.63, 3.8) is 0 Å². The number of hydrazine groups is 1. The van der Waals surface area contributed by atoms with Crippen molar-refractivity contribution in [3.05, 3.63) is 162 Å². The van der Waals surface area contributed by atoms with Crippen molar-refractivity contribution >= 4 is 48.6 Å². The molecule has 6 aromatic carbocycles. The van der Waals surface area contributed by atoms with Crippen LogP contribution in [0, 0.1) is 11.3 Å². The molecule has 3 atom stereocenters. The quantitative estimate of drug-likeness (QED) is 0.205. The Bertz CT molecular complexity index is 2230. The molecule has 1 aromatic heterocycles. The number of anilines is 3. The third-order valence-electron chi connectivity index (χ3n) is 8.86. The fourth-order valence-corrected chi connectivity index (χ4v) is 7.89. The maximum atomic E-state index is 9.30. The van der Waals surface area contributed by atoms with Gasteiger partial charge < -0.3 is 5.32 Å². The molecule has 7 aromatic rings. The molecule has 0 radical (unpaired) electrons. The molecule has 2 aliphatic rings. The van der Waals surface area contributed by atoms with Crippen LogP contribution >= 0.6 is 11.3 Å². The number of hydrogen-bond acceptors (Lipinski definition) is 5. The van der Waals surface area contributed by atoms with Crippen molar-refractivity contribution in [2.45, 2.75) is 12.2 Å². The predicted molar refractivity (Wildman–Crippen MR) is 181 cm³/mol. The number of thiophene rings is 1. The number of nitrogens with one attached hydrogen (secondary N) is 1. The van der Waals surface area contributed by atoms with Gasteiger partial charge in [0.1, 0.15) is 6.17 Å². The number of fused-ring (bicyclic) bond motifs is 6. The van der Waals surface area contributed by atoms with E-state index in [1.54, 1.807) is 0 Å². The Morgan fingerprint density at radius 3 is 2.20 bits per heavy atom. The first-order valence-electron chi connectivity index (χ1n) is 14.8. The zero-order chi connectivity index (χ0) is 29.2. The van der Waals surface area contributed by atoms with E-state index in [0.29, 0.717) is 5.56 Å². The molecule has 0 saturated carbocycles. The van der Waals surface area contributed by atoms with E-state index >= 15 is 0 Å². The Morgan fingerprint density at radius 1 is 0.659 bits per heavy atom. The summed E-state index contributed by atoms with van der Waals surface area (Å²) in [4.78, 5) is 0. The zero-order valence-corrected chi connectivity index (χ0v) is 24.5. The summed E-state index contributed by atoms with van der Waals surface area (Å²) in [5, 5.41) is 20.5. The van der Waals surface area contributed by atoms with Gasteiger partial charge in [-0.25, -0.2) is 0 Å². The lowest BCUT2D eigenvalue weighted by Crippen LogP contribution is -2.09. The standard InChI is InChI=1S/C39H26N4S/c40-24-25-14-16-27(17-15-25)38-31-11-4-6-12-35(31)42-39(43(38)42)28-18-20-29(21-19-28)41-34-22-33-30-10-5-7-13-36(30)44-37(33)23-32(34)26-8-2-1-3-9-26/h1-23,38-39,41H. The van der Waals surface area contributed by atoms with Crippen molar-refractivity contribution in [2.75, 3.05) is 10.3 Å². The molecule has 0 bridgehead atoms. The molecular weight excluding hydrogens is 557 g/mol. The second kappa shape index (κ2) is 9.82. The van der Waals surface area contributed by atoms with Gasteiger partial charge in [-0.15, -0.1) is 11.3 Å². The number of nitriles is 1. The maximum absolute atomic E-state index is 9.30. The number of rotatable bonds is 5. The average Bonchev–Trinajstić information content (AvgIpc) is 3.55. The molecule has 9 rings (SSSR count). The van der Waals surface area contributed by atoms with Crippen LogP contribution in [-0.2, 0) is 0 Å². The maximum Gasteiger partial charge on any atom is 0.141 e. The van der Waals surface area contributed by atoms with Crippen LogP contribution in [0.3, 0.4) is 0 Å². The molecule has 4 nitrogen and oxygen atoms in total. The summed E-state index contributed by atoms with van der Waals surface area (Å²) in [6.45, 7) is 0. The van der Waals surface area contributed by atoms with Crippen LogP contribution in [-0.4, -0.2) is 5.01 Å². The van der Waals surface area contributed by atoms with E-state index in [1.807, 2.05) is 23.5 Å². The van der Waals surface area contributed by atoms with Gasteiger partial charge in [-0.1, -0.05) is 91.0 Å². The molecule has 44 heavy (non-hydrogen) atoms. The third-order valence-corrected chi connectivity index (χ3v) is 10.00. The lowest BCUT2D eigenvalue weighted by atomic mass is 9.96. The molecule has 0 spiro atoms. The first-order valence-corrected chi connectivity index (χ1v) is 15.6. The highest BCUT2D eigenvalue weighted by molar-refractivity contribution is 7.25. The highest BCUT2D eigenvalue weighted by Crippen LogP contribution is 2.60. The van der Waals surface area contributed by atoms with Gasteiger partial charge in [-0.2, -0.15) is 10.3 Å². The largest absolute Gasteiger partial charge is 0.355 e. The topological polar surface area (TPSA) is 41.8 Å². The van der Waals surface area contributed by atoms with E-state index in [-0.39, 0.29) is 12.2 Å². The van der Waals surface area contributed by atoms with Crippen LogP contribution in [0.25, 0.3) is 31.3 Å². The molecule has 1 fully saturated rings. The van der Waals surface area contributed by atoms with Crippen molar-refractivity contribution in [3.8, 4) is 17.2 Å². The van der Waals surface area contributed by atoms with Crippen LogP contribution in [0.15, 0.2) is 140 Å². The van der Waals surface area contributed by atoms with Gasteiger partial charge in [0, 0.05) is 42.7 Å². The zero-order valence-electron chi connectivity index (χ0n) is 23.7. The van der Waals surface area contributed by atoms with Crippen LogP contribution < -0.4 is 10.3 Å². The summed E-state index contributed by atoms with van der Waals surface area (Å²) in [6.07, 6.45) is 0.174. The Labute approximate surface area is 259 Å². The Balaban J connectivity index is 1.05. The average molecular weight is 583 g/mol. The van der Waals surface area contributed by atoms with Crippen molar-refractivity contribution < 1.29 is 0 Å². The van der Waals surface area contributed by atoms with Gasteiger partial charge in [-0.3, -0.25) is 5.01 Å². The Morgan fingerprint density at radius 2 is 1.39 bits per heavy atom. The van der Waals surface area contributed by atoms with E-state index in [4.69, 9.17) is 0 Å². The molecule has 3 heterocycles. The number of benzene rings is 6. The number of hydrogen-bond donors (Lipinski definition) is 1. The summed E-state index contributed by atoms with van der Waals surface area (Å²) >= 11 is 1.85. The molecule has 208 valence electrons. The molecule has 1 N–H and O–H groups in total. The lowest BCUT2D eigenvalue weighted by Gasteiger charge is -2.17. The highest BCUT2D eigenvalue weighted by Gasteiger charge is 2.57. The normalized spacial score (nSPS) is 18.2. The minimum absolute atomic E-state index is 0.127. The van der Waals surface area contributed by atoms with Crippen molar-refractivity contribution in [1.29, 1.82) is 5.26 Å². The number of nitrogens with zero attached hydrogens (tertiary/aromatic N) is 3. The summed E-state index contributed by atoms with van der Waals surface area (Å²) < 4.78 is 2.61. The van der Waals surface area contributed by atoms with E-state index in [1.165, 1.54) is 53.7 Å². The van der Waals surface area contributed by atoms with Crippen LogP contribution in [0.2, 0.25) is 0 Å². The van der Waals surface area contributed by atoms with Gasteiger partial charge in [0.15, 0.2) is 0 Å². The molecule has 0 amide bonds. The summed E-state index contributed by atoms with van der Waals surface area (Å²) in [6, 6.07) is 51.8. The van der Waals surface area contributed by atoms with E-state index < -0.39 is 0 Å². The molecule has 1 saturated heterocycles. The first-order chi connectivity index (χ1) is 21.8. The summed E-state index contributed by atoms with van der Waals surface area (Å²) in [7, 11) is 0. The van der Waals surface area contributed by atoms with Crippen LogP contribution in [0.5, 0.6) is 0 Å². The van der Waals surface area contributed by atoms with Gasteiger partial charge >= 0.3 is 0 Å². The van der Waals surface area contributed by atoms with Gasteiger partial charge in [-0.05, 0) is 65.2 Å². The van der Waals surface area contributed by atoms with E-state index in [9.17, 15) is 5.26 Å². The van der Waals surface area contributed by atoms with Gasteiger partial charge in [0.05, 0.1) is 23.4 Å². The minimum atomic E-state index is 0.127. The Kier molecular flexibility index (Phi) is 5.61. The predicted octanol–water partition coefficient (Wildman–Crippen LogP) is 10.2. The smallest absolute Gasteiger partial charge is 0.141 e. The SMILES string of the molecule is N#Cc1ccc(C2c3ccccc3N3C(c4ccc(Nc5cc6c(cc5-c5ccccc5)sc5ccccc56)cc4)N23)cc1. The molecular formula is C39H26N4S. The molecule has 3 unspecified atom stereocenters. The first kappa shape index (κ1) is 25.1. The Hall–Kier alpha value is -5.41. The minimum Gasteiger partial charge on any atom is -0.355 e. The second-order valence-corrected chi connectivity index (χ2v) is 12.5. The van der Waals surface area contributed by atoms with E-state index in [0.717, 1.165) is 11.4 Å². The van der Waals surface area contributed by atoms with Crippen LogP contribution in [0.4, 0.5) is 17.1 Å². The molecule has 0 aliphatic carbocycles. The third kappa shape index (κ3) is 3.93. The molecule has 2 aliphatic heterocycles. The number of para-hydroxylation sites is 1. The lowest BCUT2D eigenvalue weighted by molar-refractivity contribution is 0.446. The van der Waals surface area contributed by atoms with Crippen LogP contribution in [0.1, 0.15) is 34.5 Å². The summed E-state index contributed by atoms with van der Waals surface area (Å²) in [5.41, 5.74) is 10.2. The highest BCUT2D eigenvalue weighted by atomic mass is 32.1. The van der Waals surface area contributed by atoms with Gasteiger partial charge in [0.2, 0.25) is 0 Å². The fourth-order valence-electron chi connectivity index (χ4n) is 6.77. The van der Waals surface area contributed by atoms with Crippen molar-refractivity contribution in [2.24, 2.45) is 0 Å². The van der Waals surface area contributed by atoms with Gasteiger partial charge in [0.25, 0.3) is 0 Å². The van der Waals surface area contributed by atoms with Crippen molar-refractivity contribution in [1.82, 2.24) is 5.01 Å². The van der Waals surface area contributed by atoms with E-state index in [2.05, 4.69) is 149 Å². The molecule has 5 heteroatoms. The fraction of sp³-hybridized carbons (Fsp3) is 0.0513.